The predicted octanol–water partition coefficient (Wildman–Crippen LogP) is 4.85. The average molecular weight is 578 g/mol. The number of fused-ring (bicyclic) bond motifs is 4. The highest BCUT2D eigenvalue weighted by molar-refractivity contribution is 6.35. The number of carbonyl (C=O) groups is 2. The van der Waals surface area contributed by atoms with Crippen LogP contribution in [0.4, 0.5) is 5.69 Å². The second kappa shape index (κ2) is 10.5. The van der Waals surface area contributed by atoms with Crippen LogP contribution in [0.25, 0.3) is 10.9 Å². The Hall–Kier alpha value is -3.26. The van der Waals surface area contributed by atoms with E-state index >= 15 is 0 Å². The monoisotopic (exact) mass is 577 g/mol. The van der Waals surface area contributed by atoms with Crippen molar-refractivity contribution in [3.8, 4) is 0 Å². The van der Waals surface area contributed by atoms with E-state index in [0.29, 0.717) is 37.6 Å². The van der Waals surface area contributed by atoms with Gasteiger partial charge in [0, 0.05) is 75.5 Å². The van der Waals surface area contributed by atoms with Gasteiger partial charge in [0.15, 0.2) is 0 Å². The summed E-state index contributed by atoms with van der Waals surface area (Å²) in [5.41, 5.74) is 5.93. The Labute approximate surface area is 246 Å². The van der Waals surface area contributed by atoms with Crippen LogP contribution in [0, 0.1) is 11.3 Å². The topological polar surface area (TPSA) is 92.5 Å². The Bertz CT molecular complexity index is 1560. The first-order valence-corrected chi connectivity index (χ1v) is 15.2. The standard InChI is InChI=1S/C32H40ClN5O3/c1-32(2,3)18-38-17-24-20(14-25(33)29-22(24)5-9-34-29)13-21(31(38)41)15-28(39)37-11-6-19(7-12-37)23-16-27-26(35-30(23)40)8-10-36(27)4/h5,9,14,16,19,21,34H,6-8,10-13,15,17-18H2,1-4H3,(H,35,40)/t21-/m0/s1. The molecule has 1 aromatic carbocycles. The molecule has 9 heteroatoms. The Balaban J connectivity index is 1.19. The fraction of sp³-hybridized carbons (Fsp3) is 0.531. The van der Waals surface area contributed by atoms with Crippen LogP contribution in [0.5, 0.6) is 0 Å². The maximum Gasteiger partial charge on any atom is 0.251 e. The highest BCUT2D eigenvalue weighted by Gasteiger charge is 2.36. The number of rotatable bonds is 4. The zero-order valence-corrected chi connectivity index (χ0v) is 25.2. The minimum Gasteiger partial charge on any atom is -0.373 e. The van der Waals surface area contributed by atoms with Crippen molar-refractivity contribution >= 4 is 40.0 Å². The van der Waals surface area contributed by atoms with E-state index in [4.69, 9.17) is 11.6 Å². The quantitative estimate of drug-likeness (QED) is 0.464. The number of aromatic nitrogens is 2. The van der Waals surface area contributed by atoms with Gasteiger partial charge in [0.25, 0.3) is 5.56 Å². The van der Waals surface area contributed by atoms with Crippen LogP contribution in [-0.2, 0) is 29.0 Å². The summed E-state index contributed by atoms with van der Waals surface area (Å²) >= 11 is 6.63. The van der Waals surface area contributed by atoms with Gasteiger partial charge < -0.3 is 24.7 Å². The second-order valence-electron chi connectivity index (χ2n) is 13.4. The van der Waals surface area contributed by atoms with Crippen molar-refractivity contribution in [3.63, 3.8) is 0 Å². The van der Waals surface area contributed by atoms with Crippen molar-refractivity contribution in [1.29, 1.82) is 0 Å². The van der Waals surface area contributed by atoms with E-state index in [9.17, 15) is 14.4 Å². The van der Waals surface area contributed by atoms with Crippen molar-refractivity contribution < 1.29 is 9.59 Å². The number of piperidine rings is 1. The molecule has 0 spiro atoms. The molecule has 41 heavy (non-hydrogen) atoms. The van der Waals surface area contributed by atoms with Gasteiger partial charge >= 0.3 is 0 Å². The summed E-state index contributed by atoms with van der Waals surface area (Å²) in [5, 5.41) is 1.68. The number of anilines is 1. The molecule has 1 atom stereocenters. The number of likely N-dealkylation sites (N-methyl/N-ethyl adjacent to an activating group) is 1. The van der Waals surface area contributed by atoms with Gasteiger partial charge in [0.2, 0.25) is 11.8 Å². The molecule has 0 unspecified atom stereocenters. The number of carbonyl (C=O) groups excluding carboxylic acids is 2. The molecule has 1 fully saturated rings. The third-order valence-electron chi connectivity index (χ3n) is 9.09. The molecule has 0 saturated carbocycles. The number of aromatic amines is 2. The second-order valence-corrected chi connectivity index (χ2v) is 13.8. The van der Waals surface area contributed by atoms with E-state index in [1.807, 2.05) is 28.1 Å². The van der Waals surface area contributed by atoms with Crippen LogP contribution in [0.1, 0.15) is 68.3 Å². The lowest BCUT2D eigenvalue weighted by Gasteiger charge is -2.34. The van der Waals surface area contributed by atoms with Crippen LogP contribution in [0.15, 0.2) is 29.2 Å². The number of nitrogens with one attached hydrogen (secondary N) is 2. The Morgan fingerprint density at radius 1 is 1.12 bits per heavy atom. The van der Waals surface area contributed by atoms with Crippen molar-refractivity contribution in [3.05, 3.63) is 62.2 Å². The van der Waals surface area contributed by atoms with Crippen molar-refractivity contribution in [2.75, 3.05) is 38.1 Å². The summed E-state index contributed by atoms with van der Waals surface area (Å²) in [7, 11) is 2.06. The maximum atomic E-state index is 13.9. The number of likely N-dealkylation sites (tertiary alicyclic amines) is 1. The predicted molar refractivity (Wildman–Crippen MR) is 163 cm³/mol. The first-order valence-electron chi connectivity index (χ1n) is 14.8. The minimum atomic E-state index is -0.439. The summed E-state index contributed by atoms with van der Waals surface area (Å²) in [6.07, 6.45) is 4.92. The molecule has 6 rings (SSSR count). The molecule has 8 nitrogen and oxygen atoms in total. The first kappa shape index (κ1) is 27.9. The van der Waals surface area contributed by atoms with E-state index in [0.717, 1.165) is 64.8 Å². The molecule has 0 radical (unpaired) electrons. The van der Waals surface area contributed by atoms with E-state index < -0.39 is 5.92 Å². The third kappa shape index (κ3) is 5.39. The van der Waals surface area contributed by atoms with Gasteiger partial charge in [-0.15, -0.1) is 0 Å². The van der Waals surface area contributed by atoms with Gasteiger partial charge in [-0.3, -0.25) is 14.4 Å². The molecular weight excluding hydrogens is 538 g/mol. The molecule has 2 aromatic heterocycles. The van der Waals surface area contributed by atoms with E-state index in [2.05, 4.69) is 48.8 Å². The zero-order valence-electron chi connectivity index (χ0n) is 24.5. The summed E-state index contributed by atoms with van der Waals surface area (Å²) in [6, 6.07) is 6.05. The summed E-state index contributed by atoms with van der Waals surface area (Å²) in [6.45, 7) is 9.62. The molecule has 5 heterocycles. The van der Waals surface area contributed by atoms with Gasteiger partial charge in [-0.05, 0) is 59.9 Å². The number of benzene rings is 1. The molecule has 218 valence electrons. The SMILES string of the molecule is CN1CCc2[nH]c(=O)c(C3CCN(C(=O)C[C@@H]4Cc5cc(Cl)c6[nH]ccc6c5CN(CC(C)(C)C)C4=O)CC3)cc21. The number of amides is 2. The molecule has 0 bridgehead atoms. The Morgan fingerprint density at radius 3 is 2.61 bits per heavy atom. The fourth-order valence-corrected chi connectivity index (χ4v) is 7.29. The summed E-state index contributed by atoms with van der Waals surface area (Å²) < 4.78 is 0. The highest BCUT2D eigenvalue weighted by atomic mass is 35.5. The largest absolute Gasteiger partial charge is 0.373 e. The molecule has 3 aliphatic heterocycles. The highest BCUT2D eigenvalue weighted by Crippen LogP contribution is 2.36. The van der Waals surface area contributed by atoms with Crippen LogP contribution >= 0.6 is 11.6 Å². The van der Waals surface area contributed by atoms with Crippen LogP contribution in [0.2, 0.25) is 5.02 Å². The number of halogens is 1. The molecule has 2 N–H and O–H groups in total. The van der Waals surface area contributed by atoms with Crippen molar-refractivity contribution in [2.24, 2.45) is 11.3 Å². The van der Waals surface area contributed by atoms with Crippen LogP contribution in [0.3, 0.4) is 0 Å². The smallest absolute Gasteiger partial charge is 0.251 e. The van der Waals surface area contributed by atoms with E-state index in [-0.39, 0.29) is 35.1 Å². The van der Waals surface area contributed by atoms with Gasteiger partial charge in [-0.25, -0.2) is 0 Å². The van der Waals surface area contributed by atoms with Crippen molar-refractivity contribution in [2.45, 2.75) is 65.3 Å². The Morgan fingerprint density at radius 2 is 1.88 bits per heavy atom. The molecule has 3 aromatic rings. The molecule has 2 amide bonds. The molecule has 0 aliphatic carbocycles. The molecule has 3 aliphatic rings. The first-order chi connectivity index (χ1) is 19.5. The molecule has 1 saturated heterocycles. The van der Waals surface area contributed by atoms with Gasteiger partial charge in [0.1, 0.15) is 0 Å². The Kier molecular flexibility index (Phi) is 7.17. The summed E-state index contributed by atoms with van der Waals surface area (Å²) in [4.78, 5) is 52.7. The number of nitrogens with zero attached hydrogens (tertiary/aromatic N) is 3. The number of H-pyrrole nitrogens is 2. The van der Waals surface area contributed by atoms with E-state index in [1.165, 1.54) is 0 Å². The minimum absolute atomic E-state index is 0.000625. The zero-order chi connectivity index (χ0) is 29.1. The number of hydrogen-bond donors (Lipinski definition) is 2. The fourth-order valence-electron chi connectivity index (χ4n) is 7.01. The van der Waals surface area contributed by atoms with Gasteiger partial charge in [-0.2, -0.15) is 0 Å². The lowest BCUT2D eigenvalue weighted by atomic mass is 9.88. The lowest BCUT2D eigenvalue weighted by Crippen LogP contribution is -2.43. The lowest BCUT2D eigenvalue weighted by molar-refractivity contribution is -0.142. The normalized spacial score (nSPS) is 20.0. The van der Waals surface area contributed by atoms with Gasteiger partial charge in [0.05, 0.1) is 22.1 Å². The van der Waals surface area contributed by atoms with Crippen LogP contribution < -0.4 is 10.5 Å². The number of hydrogen-bond acceptors (Lipinski definition) is 4. The average Bonchev–Trinajstić information content (AvgIpc) is 3.53. The van der Waals surface area contributed by atoms with Crippen molar-refractivity contribution in [1.82, 2.24) is 19.8 Å². The van der Waals surface area contributed by atoms with Crippen LogP contribution in [-0.4, -0.2) is 64.8 Å². The number of pyridine rings is 1. The third-order valence-corrected chi connectivity index (χ3v) is 9.38. The maximum absolute atomic E-state index is 13.9. The van der Waals surface area contributed by atoms with E-state index in [1.54, 1.807) is 0 Å². The molecular formula is C32H40ClN5O3. The van der Waals surface area contributed by atoms with Gasteiger partial charge in [-0.1, -0.05) is 32.4 Å². The summed E-state index contributed by atoms with van der Waals surface area (Å²) in [5.74, 6) is -0.265.